The number of aromatic nitrogens is 3. The monoisotopic (exact) mass is 892 g/mol. The van der Waals surface area contributed by atoms with E-state index >= 15 is 0 Å². The first-order chi connectivity index (χ1) is 30.2. The normalized spacial score (nSPS) is 20.5. The fourth-order valence-electron chi connectivity index (χ4n) is 7.06. The van der Waals surface area contributed by atoms with E-state index in [1.165, 1.54) is 6.07 Å². The van der Waals surface area contributed by atoms with E-state index in [1.54, 1.807) is 37.3 Å². The highest BCUT2D eigenvalue weighted by Crippen LogP contribution is 2.34. The summed E-state index contributed by atoms with van der Waals surface area (Å²) in [6, 6.07) is 14.2. The van der Waals surface area contributed by atoms with Crippen LogP contribution in [0.25, 0.3) is 26.4 Å². The van der Waals surface area contributed by atoms with Crippen molar-refractivity contribution in [2.75, 3.05) is 63.8 Å². The molecule has 2 aliphatic heterocycles. The largest absolute Gasteiger partial charge is 0.492 e. The van der Waals surface area contributed by atoms with Crippen molar-refractivity contribution in [3.05, 3.63) is 60.5 Å². The Hall–Kier alpha value is -6.13. The third-order valence-corrected chi connectivity index (χ3v) is 11.2. The number of carbonyl (C=O) groups is 5. The van der Waals surface area contributed by atoms with Crippen LogP contribution in [0.4, 0.5) is 16.3 Å². The molecule has 0 radical (unpaired) electrons. The van der Waals surface area contributed by atoms with Crippen LogP contribution in [0.15, 0.2) is 59.3 Å². The van der Waals surface area contributed by atoms with E-state index in [1.807, 2.05) is 36.5 Å². The number of hydrogen-bond acceptors (Lipinski definition) is 18. The Morgan fingerprint density at radius 3 is 2.29 bits per heavy atom. The molecule has 336 valence electrons. The van der Waals surface area contributed by atoms with Crippen LogP contribution in [0, 0.1) is 0 Å². The lowest BCUT2D eigenvalue weighted by atomic mass is 9.91. The molecule has 2 unspecified atom stereocenters. The molecular formula is C42H48N6O14S. The number of hydrogen-bond donors (Lipinski definition) is 2. The lowest BCUT2D eigenvalue weighted by Crippen LogP contribution is -2.64. The molecule has 2 fully saturated rings. The van der Waals surface area contributed by atoms with Crippen LogP contribution in [0.1, 0.15) is 40.4 Å². The molecule has 7 rings (SSSR count). The average Bonchev–Trinajstić information content (AvgIpc) is 3.97. The van der Waals surface area contributed by atoms with E-state index in [0.29, 0.717) is 12.3 Å². The van der Waals surface area contributed by atoms with Crippen molar-refractivity contribution in [2.24, 2.45) is 0 Å². The Labute approximate surface area is 364 Å². The molecule has 3 aromatic heterocycles. The molecule has 20 nitrogen and oxygen atoms in total. The maximum atomic E-state index is 13.0. The van der Waals surface area contributed by atoms with E-state index in [0.717, 1.165) is 92.9 Å². The Balaban J connectivity index is 0.947. The molecule has 2 saturated heterocycles. The summed E-state index contributed by atoms with van der Waals surface area (Å²) >= 11 is 1.58. The zero-order valence-corrected chi connectivity index (χ0v) is 36.3. The summed E-state index contributed by atoms with van der Waals surface area (Å²) in [4.78, 5) is 70.1. The molecule has 0 bridgehead atoms. The fraction of sp³-hybridized carbons (Fsp3) is 0.452. The number of fused-ring (bicyclic) bond motifs is 3. The Kier molecular flexibility index (Phi) is 13.9. The number of imidazole rings is 1. The number of nitrogens with one attached hydrogen (secondary N) is 2. The van der Waals surface area contributed by atoms with E-state index < -0.39 is 66.0 Å². The number of amides is 2. The van der Waals surface area contributed by atoms with Crippen molar-refractivity contribution in [3.8, 4) is 17.0 Å². The Bertz CT molecular complexity index is 2440. The summed E-state index contributed by atoms with van der Waals surface area (Å²) in [6.45, 7) is 11.4. The van der Waals surface area contributed by atoms with Gasteiger partial charge in [-0.15, -0.1) is 0 Å². The number of urea groups is 1. The van der Waals surface area contributed by atoms with Crippen LogP contribution in [0.3, 0.4) is 0 Å². The zero-order valence-electron chi connectivity index (χ0n) is 35.4. The van der Waals surface area contributed by atoms with Gasteiger partial charge in [0.05, 0.1) is 42.8 Å². The second-order valence-corrected chi connectivity index (χ2v) is 16.4. The minimum atomic E-state index is -1.62. The fourth-order valence-corrected chi connectivity index (χ4v) is 8.10. The summed E-state index contributed by atoms with van der Waals surface area (Å²) in [7, 11) is 1.09. The molecule has 21 heteroatoms. The van der Waals surface area contributed by atoms with Gasteiger partial charge in [0.1, 0.15) is 18.1 Å². The highest BCUT2D eigenvalue weighted by molar-refractivity contribution is 7.23. The molecule has 0 aliphatic carbocycles. The maximum Gasteiger partial charge on any atom is 0.339 e. The SMILES string of the molecule is COC(=O)C1O[C@@H](OCC(C)(C)c2cc(NC(=O)Nc3ccc(-c4cn5c(n4)sc4cc(OCCN6CCOCC6)ccc45)cc3)no2)[C@@H](OC(C)=O)C(OC(C)=O)[C@@H]1OC(C)=O. The highest BCUT2D eigenvalue weighted by atomic mass is 32.1. The number of anilines is 2. The number of benzene rings is 2. The van der Waals surface area contributed by atoms with Crippen molar-refractivity contribution in [3.63, 3.8) is 0 Å². The van der Waals surface area contributed by atoms with Gasteiger partial charge in [0.15, 0.2) is 41.5 Å². The third kappa shape index (κ3) is 10.9. The topological polar surface area (TPSA) is 230 Å². The summed E-state index contributed by atoms with van der Waals surface area (Å²) in [6.07, 6.45) is -5.66. The van der Waals surface area contributed by atoms with Crippen molar-refractivity contribution in [1.29, 1.82) is 0 Å². The van der Waals surface area contributed by atoms with Gasteiger partial charge < -0.3 is 47.7 Å². The number of esters is 4. The molecule has 2 N–H and O–H groups in total. The summed E-state index contributed by atoms with van der Waals surface area (Å²) in [5.74, 6) is -2.20. The van der Waals surface area contributed by atoms with Gasteiger partial charge in [0.25, 0.3) is 0 Å². The predicted octanol–water partition coefficient (Wildman–Crippen LogP) is 4.55. The van der Waals surface area contributed by atoms with Crippen molar-refractivity contribution >= 4 is 67.9 Å². The van der Waals surface area contributed by atoms with Gasteiger partial charge in [-0.2, -0.15) is 0 Å². The summed E-state index contributed by atoms with van der Waals surface area (Å²) in [5, 5.41) is 9.40. The smallest absolute Gasteiger partial charge is 0.339 e. The number of thiazole rings is 1. The van der Waals surface area contributed by atoms with Crippen molar-refractivity contribution in [2.45, 2.75) is 70.7 Å². The second kappa shape index (κ2) is 19.5. The van der Waals surface area contributed by atoms with Crippen LogP contribution in [-0.4, -0.2) is 133 Å². The lowest BCUT2D eigenvalue weighted by molar-refractivity contribution is -0.303. The minimum absolute atomic E-state index is 0.0979. The van der Waals surface area contributed by atoms with Gasteiger partial charge in [-0.1, -0.05) is 42.5 Å². The molecule has 63 heavy (non-hydrogen) atoms. The first-order valence-corrected chi connectivity index (χ1v) is 20.9. The van der Waals surface area contributed by atoms with Crippen LogP contribution < -0.4 is 15.4 Å². The van der Waals surface area contributed by atoms with Gasteiger partial charge in [-0.25, -0.2) is 14.6 Å². The number of morpholine rings is 1. The summed E-state index contributed by atoms with van der Waals surface area (Å²) in [5.41, 5.74) is 2.22. The van der Waals surface area contributed by atoms with Crippen LogP contribution in [-0.2, 0) is 57.8 Å². The number of methoxy groups -OCH3 is 1. The molecule has 2 amide bonds. The van der Waals surface area contributed by atoms with Crippen LogP contribution >= 0.6 is 11.3 Å². The van der Waals surface area contributed by atoms with Crippen molar-refractivity contribution in [1.82, 2.24) is 19.4 Å². The van der Waals surface area contributed by atoms with Gasteiger partial charge in [-0.05, 0) is 30.3 Å². The van der Waals surface area contributed by atoms with Crippen LogP contribution in [0.2, 0.25) is 0 Å². The highest BCUT2D eigenvalue weighted by Gasteiger charge is 2.55. The molecule has 5 heterocycles. The first-order valence-electron chi connectivity index (χ1n) is 20.0. The Morgan fingerprint density at radius 2 is 1.59 bits per heavy atom. The molecule has 0 spiro atoms. The van der Waals surface area contributed by atoms with E-state index in [-0.39, 0.29) is 18.2 Å². The number of ether oxygens (including phenoxy) is 8. The molecule has 2 aliphatic rings. The number of rotatable bonds is 15. The maximum absolute atomic E-state index is 13.0. The Morgan fingerprint density at radius 1 is 0.889 bits per heavy atom. The second-order valence-electron chi connectivity index (χ2n) is 15.4. The molecular weight excluding hydrogens is 845 g/mol. The molecule has 5 aromatic rings. The molecule has 0 saturated carbocycles. The number of carbonyl (C=O) groups excluding carboxylic acids is 5. The summed E-state index contributed by atoms with van der Waals surface area (Å²) < 4.78 is 53.0. The first kappa shape index (κ1) is 44.9. The van der Waals surface area contributed by atoms with Crippen LogP contribution in [0.5, 0.6) is 5.75 Å². The van der Waals surface area contributed by atoms with E-state index in [9.17, 15) is 24.0 Å². The molecule has 5 atom stereocenters. The minimum Gasteiger partial charge on any atom is -0.492 e. The predicted molar refractivity (Wildman–Crippen MR) is 224 cm³/mol. The van der Waals surface area contributed by atoms with Gasteiger partial charge in [-0.3, -0.25) is 29.0 Å². The van der Waals surface area contributed by atoms with Gasteiger partial charge in [0, 0.05) is 69.3 Å². The van der Waals surface area contributed by atoms with Gasteiger partial charge in [0.2, 0.25) is 0 Å². The lowest BCUT2D eigenvalue weighted by Gasteiger charge is -2.43. The number of nitrogens with zero attached hydrogens (tertiary/aromatic N) is 4. The zero-order chi connectivity index (χ0) is 44.8. The van der Waals surface area contributed by atoms with Crippen molar-refractivity contribution < 1.29 is 66.4 Å². The molecule has 2 aromatic carbocycles. The standard InChI is InChI=1S/C42H48N6O14S/c1-23(49)58-34-35(59-24(2)50)37(60-25(3)51)39(61-36(34)38(52)54-6)57-22-42(4,5)32-20-33(46-62-32)45-40(53)43-27-9-7-26(8-10-27)29-21-48-30-12-11-28(19-31(30)63-41(48)44-29)56-18-15-47-13-16-55-17-14-47/h7-12,19-21,34-37,39H,13-18,22H2,1-6H3,(H2,43,45,46,53)/t34-,35?,36?,37-,39+/m0/s1. The average molecular weight is 893 g/mol. The third-order valence-electron chi connectivity index (χ3n) is 10.1. The quantitative estimate of drug-likeness (QED) is 0.109. The van der Waals surface area contributed by atoms with Gasteiger partial charge >= 0.3 is 29.9 Å². The van der Waals surface area contributed by atoms with E-state index in [4.69, 9.17) is 47.4 Å². The van der Waals surface area contributed by atoms with E-state index in [2.05, 4.69) is 25.1 Å².